The average molecular weight is 537 g/mol. The fourth-order valence-corrected chi connectivity index (χ4v) is 5.17. The number of aromatic hydroxyl groups is 1. The van der Waals surface area contributed by atoms with Crippen LogP contribution in [0, 0.1) is 0 Å². The van der Waals surface area contributed by atoms with E-state index in [-0.39, 0.29) is 27.6 Å². The molecule has 0 aliphatic rings. The molecule has 0 heterocycles. The number of amides is 1. The second-order valence-corrected chi connectivity index (χ2v) is 10.3. The van der Waals surface area contributed by atoms with Crippen LogP contribution in [0.1, 0.15) is 10.4 Å². The number of carbonyl (C=O) groups excluding carboxylic acids is 1. The highest BCUT2D eigenvalue weighted by atomic mass is 32.2. The third-order valence-corrected chi connectivity index (χ3v) is 7.22. The standard InChI is InChI=1S/C21H15NO.C10H9NO4S/c23-21(22-18-10-2-1-3-11-18)19-12-6-9-17-13-15-7-4-5-8-16(15)14-20(17)19;11-10-7-4-2-1-3-6(7)9(5-8(10)12)16(13,14)15/h1-14H,(H,22,23);1-5,12H,11H2,(H,13,14,15). The summed E-state index contributed by atoms with van der Waals surface area (Å²) in [7, 11) is -4.38. The highest BCUT2D eigenvalue weighted by Crippen LogP contribution is 2.34. The summed E-state index contributed by atoms with van der Waals surface area (Å²) in [6.45, 7) is 0. The van der Waals surface area contributed by atoms with Crippen molar-refractivity contribution in [2.45, 2.75) is 4.90 Å². The third kappa shape index (κ3) is 5.38. The third-order valence-electron chi connectivity index (χ3n) is 6.33. The predicted molar refractivity (Wildman–Crippen MR) is 156 cm³/mol. The summed E-state index contributed by atoms with van der Waals surface area (Å²) in [5.41, 5.74) is 7.18. The SMILES string of the molecule is Nc1c(O)cc(S(=O)(=O)O)c2ccccc12.O=C(Nc1ccccc1)c1cccc2cc3ccccc3cc12. The van der Waals surface area contributed by atoms with E-state index in [2.05, 4.69) is 29.6 Å². The van der Waals surface area contributed by atoms with Crippen LogP contribution < -0.4 is 11.1 Å². The van der Waals surface area contributed by atoms with Gasteiger partial charge in [-0.2, -0.15) is 8.42 Å². The molecular formula is C31H24N2O5S. The summed E-state index contributed by atoms with van der Waals surface area (Å²) >= 11 is 0. The Bertz CT molecular complexity index is 1960. The van der Waals surface area contributed by atoms with Crippen molar-refractivity contribution in [1.29, 1.82) is 0 Å². The molecule has 7 nitrogen and oxygen atoms in total. The Hall–Kier alpha value is -4.92. The van der Waals surface area contributed by atoms with Gasteiger partial charge in [0.2, 0.25) is 0 Å². The van der Waals surface area contributed by atoms with E-state index >= 15 is 0 Å². The molecular weight excluding hydrogens is 512 g/mol. The van der Waals surface area contributed by atoms with Gasteiger partial charge in [-0.1, -0.05) is 78.9 Å². The number of phenolic OH excluding ortho intramolecular Hbond substituents is 1. The van der Waals surface area contributed by atoms with E-state index in [1.54, 1.807) is 18.2 Å². The average Bonchev–Trinajstić information content (AvgIpc) is 2.94. The summed E-state index contributed by atoms with van der Waals surface area (Å²) in [5.74, 6) is -0.455. The maximum atomic E-state index is 12.7. The molecule has 39 heavy (non-hydrogen) atoms. The molecule has 8 heteroatoms. The number of phenols is 1. The van der Waals surface area contributed by atoms with Gasteiger partial charge in [-0.3, -0.25) is 9.35 Å². The number of nitrogens with one attached hydrogen (secondary N) is 1. The molecule has 0 bridgehead atoms. The fourth-order valence-electron chi connectivity index (χ4n) is 4.45. The Morgan fingerprint density at radius 2 is 1.26 bits per heavy atom. The molecule has 0 aliphatic carbocycles. The molecule has 6 rings (SSSR count). The van der Waals surface area contributed by atoms with E-state index in [1.165, 1.54) is 11.5 Å². The van der Waals surface area contributed by atoms with Crippen molar-refractivity contribution in [3.05, 3.63) is 121 Å². The number of anilines is 2. The lowest BCUT2D eigenvalue weighted by molar-refractivity contribution is 0.102. The molecule has 0 saturated carbocycles. The molecule has 1 amide bonds. The second-order valence-electron chi connectivity index (χ2n) is 8.87. The molecule has 5 N–H and O–H groups in total. The molecule has 0 radical (unpaired) electrons. The van der Waals surface area contributed by atoms with Crippen LogP contribution in [0.4, 0.5) is 11.4 Å². The van der Waals surface area contributed by atoms with Crippen LogP contribution in [0.5, 0.6) is 5.75 Å². The Labute approximate surface area is 224 Å². The van der Waals surface area contributed by atoms with E-state index in [9.17, 15) is 18.3 Å². The van der Waals surface area contributed by atoms with Crippen LogP contribution in [0.3, 0.4) is 0 Å². The first-order valence-electron chi connectivity index (χ1n) is 12.0. The van der Waals surface area contributed by atoms with Crippen LogP contribution in [0.25, 0.3) is 32.3 Å². The van der Waals surface area contributed by atoms with Crippen molar-refractivity contribution in [1.82, 2.24) is 0 Å². The second kappa shape index (κ2) is 10.4. The number of nitrogens with two attached hydrogens (primary N) is 1. The number of carbonyl (C=O) groups is 1. The minimum Gasteiger partial charge on any atom is -0.506 e. The minimum atomic E-state index is -4.38. The molecule has 6 aromatic carbocycles. The van der Waals surface area contributed by atoms with Crippen molar-refractivity contribution in [3.8, 4) is 5.75 Å². The van der Waals surface area contributed by atoms with E-state index in [0.717, 1.165) is 27.9 Å². The lowest BCUT2D eigenvalue weighted by Gasteiger charge is -2.09. The number of fused-ring (bicyclic) bond motifs is 3. The lowest BCUT2D eigenvalue weighted by Crippen LogP contribution is -2.12. The summed E-state index contributed by atoms with van der Waals surface area (Å²) < 4.78 is 31.3. The van der Waals surface area contributed by atoms with Gasteiger partial charge in [-0.25, -0.2) is 0 Å². The van der Waals surface area contributed by atoms with Gasteiger partial charge < -0.3 is 16.2 Å². The van der Waals surface area contributed by atoms with Crippen LogP contribution in [0.15, 0.2) is 120 Å². The van der Waals surface area contributed by atoms with E-state index < -0.39 is 10.1 Å². The zero-order valence-electron chi connectivity index (χ0n) is 20.6. The van der Waals surface area contributed by atoms with Crippen LogP contribution in [-0.2, 0) is 10.1 Å². The molecule has 0 aromatic heterocycles. The number of hydrogen-bond donors (Lipinski definition) is 4. The van der Waals surface area contributed by atoms with Gasteiger partial charge in [0.25, 0.3) is 16.0 Å². The summed E-state index contributed by atoms with van der Waals surface area (Å²) in [5, 5.41) is 17.4. The number of nitrogen functional groups attached to an aromatic ring is 1. The zero-order chi connectivity index (χ0) is 27.6. The first kappa shape index (κ1) is 25.7. The van der Waals surface area contributed by atoms with Gasteiger partial charge in [-0.15, -0.1) is 0 Å². The quantitative estimate of drug-likeness (QED) is 0.0870. The van der Waals surface area contributed by atoms with E-state index in [1.807, 2.05) is 60.7 Å². The summed E-state index contributed by atoms with van der Waals surface area (Å²) in [6.07, 6.45) is 0. The zero-order valence-corrected chi connectivity index (χ0v) is 21.4. The molecule has 194 valence electrons. The lowest BCUT2D eigenvalue weighted by atomic mass is 9.99. The Balaban J connectivity index is 0.000000169. The topological polar surface area (TPSA) is 130 Å². The fraction of sp³-hybridized carbons (Fsp3) is 0. The first-order valence-corrected chi connectivity index (χ1v) is 13.4. The molecule has 0 aliphatic heterocycles. The van der Waals surface area contributed by atoms with Crippen molar-refractivity contribution in [2.75, 3.05) is 11.1 Å². The molecule has 0 unspecified atom stereocenters. The minimum absolute atomic E-state index is 0.0860. The maximum Gasteiger partial charge on any atom is 0.295 e. The highest BCUT2D eigenvalue weighted by molar-refractivity contribution is 7.86. The van der Waals surface area contributed by atoms with Gasteiger partial charge in [0.15, 0.2) is 0 Å². The van der Waals surface area contributed by atoms with Gasteiger partial charge in [0, 0.05) is 28.1 Å². The Kier molecular flexibility index (Phi) is 6.89. The number of para-hydroxylation sites is 1. The number of rotatable bonds is 3. The Morgan fingerprint density at radius 3 is 1.95 bits per heavy atom. The van der Waals surface area contributed by atoms with E-state index in [4.69, 9.17) is 10.3 Å². The smallest absolute Gasteiger partial charge is 0.295 e. The highest BCUT2D eigenvalue weighted by Gasteiger charge is 2.17. The maximum absolute atomic E-state index is 12.7. The van der Waals surface area contributed by atoms with Gasteiger partial charge in [-0.05, 0) is 51.9 Å². The van der Waals surface area contributed by atoms with Crippen molar-refractivity contribution in [2.24, 2.45) is 0 Å². The van der Waals surface area contributed by atoms with Gasteiger partial charge >= 0.3 is 0 Å². The monoisotopic (exact) mass is 536 g/mol. The van der Waals surface area contributed by atoms with Gasteiger partial charge in [0.1, 0.15) is 10.6 Å². The van der Waals surface area contributed by atoms with Crippen LogP contribution >= 0.6 is 0 Å². The largest absolute Gasteiger partial charge is 0.506 e. The molecule has 0 spiro atoms. The molecule has 6 aromatic rings. The molecule has 0 fully saturated rings. The van der Waals surface area contributed by atoms with Crippen molar-refractivity contribution >= 4 is 59.7 Å². The Morgan fingerprint density at radius 1 is 0.667 bits per heavy atom. The molecule has 0 atom stereocenters. The summed E-state index contributed by atoms with van der Waals surface area (Å²) in [4.78, 5) is 12.3. The van der Waals surface area contributed by atoms with Gasteiger partial charge in [0.05, 0.1) is 5.69 Å². The van der Waals surface area contributed by atoms with Crippen molar-refractivity contribution in [3.63, 3.8) is 0 Å². The van der Waals surface area contributed by atoms with Crippen LogP contribution in [-0.4, -0.2) is 24.0 Å². The molecule has 0 saturated heterocycles. The van der Waals surface area contributed by atoms with Crippen molar-refractivity contribution < 1.29 is 22.9 Å². The number of benzene rings is 6. The normalized spacial score (nSPS) is 11.2. The van der Waals surface area contributed by atoms with E-state index in [0.29, 0.717) is 10.9 Å². The first-order chi connectivity index (χ1) is 18.7. The number of hydrogen-bond acceptors (Lipinski definition) is 5. The predicted octanol–water partition coefficient (Wildman–Crippen LogP) is 6.62. The van der Waals surface area contributed by atoms with Crippen LogP contribution in [0.2, 0.25) is 0 Å². The summed E-state index contributed by atoms with van der Waals surface area (Å²) in [6, 6.07) is 35.1.